The Balaban J connectivity index is 1.55. The predicted molar refractivity (Wildman–Crippen MR) is 124 cm³/mol. The normalized spacial score (nSPS) is 29.6. The molecule has 0 spiro atoms. The Morgan fingerprint density at radius 1 is 0.812 bits per heavy atom. The first kappa shape index (κ1) is 21.2. The van der Waals surface area contributed by atoms with Gasteiger partial charge in [0.25, 0.3) is 0 Å². The molecule has 4 aliphatic rings. The first-order valence-electron chi connectivity index (χ1n) is 11.6. The van der Waals surface area contributed by atoms with Crippen molar-refractivity contribution in [1.29, 1.82) is 0 Å². The zero-order valence-corrected chi connectivity index (χ0v) is 19.2. The predicted octanol–water partition coefficient (Wildman–Crippen LogP) is 4.02. The second kappa shape index (κ2) is 7.17. The molecule has 1 heterocycles. The Morgan fingerprint density at radius 3 is 1.62 bits per heavy atom. The molecule has 1 saturated heterocycles. The Kier molecular flexibility index (Phi) is 4.75. The lowest BCUT2D eigenvalue weighted by molar-refractivity contribution is -0.149. The molecular weight excluding hydrogens is 400 g/mol. The van der Waals surface area contributed by atoms with Gasteiger partial charge in [0.15, 0.2) is 0 Å². The number of aliphatic carboxylic acids is 1. The van der Waals surface area contributed by atoms with Crippen LogP contribution >= 0.6 is 0 Å². The molecule has 0 aromatic heterocycles. The SMILES string of the molecule is CC1(C)CC(NC(=O)[C@@H]2C3c4ccccc4C(c4ccccc43)[C@@H]2C(=O)O)CC(C)(C)N1. The van der Waals surface area contributed by atoms with Crippen molar-refractivity contribution in [2.45, 2.75) is 69.5 Å². The van der Waals surface area contributed by atoms with E-state index in [1.54, 1.807) is 0 Å². The average molecular weight is 433 g/mol. The number of fused-ring (bicyclic) bond motifs is 1. The van der Waals surface area contributed by atoms with Crippen molar-refractivity contribution in [3.05, 3.63) is 70.8 Å². The van der Waals surface area contributed by atoms with Crippen molar-refractivity contribution in [2.75, 3.05) is 0 Å². The van der Waals surface area contributed by atoms with Crippen LogP contribution in [0.3, 0.4) is 0 Å². The lowest BCUT2D eigenvalue weighted by Gasteiger charge is -2.50. The van der Waals surface area contributed by atoms with Crippen LogP contribution in [0.1, 0.15) is 74.6 Å². The summed E-state index contributed by atoms with van der Waals surface area (Å²) in [6.07, 6.45) is 1.63. The summed E-state index contributed by atoms with van der Waals surface area (Å²) in [6.45, 7) is 8.62. The average Bonchev–Trinajstić information content (AvgIpc) is 2.70. The highest BCUT2D eigenvalue weighted by molar-refractivity contribution is 5.90. The summed E-state index contributed by atoms with van der Waals surface area (Å²) >= 11 is 0. The van der Waals surface area contributed by atoms with Crippen molar-refractivity contribution in [2.24, 2.45) is 11.8 Å². The smallest absolute Gasteiger partial charge is 0.308 e. The lowest BCUT2D eigenvalue weighted by atomic mass is 9.54. The van der Waals surface area contributed by atoms with Gasteiger partial charge in [-0.15, -0.1) is 0 Å². The first-order chi connectivity index (χ1) is 15.1. The number of benzene rings is 2. The second-order valence-corrected chi connectivity index (χ2v) is 11.1. The molecule has 1 aliphatic heterocycles. The minimum absolute atomic E-state index is 0.00846. The van der Waals surface area contributed by atoms with Crippen molar-refractivity contribution < 1.29 is 14.7 Å². The van der Waals surface area contributed by atoms with Crippen LogP contribution in [0.15, 0.2) is 48.5 Å². The van der Waals surface area contributed by atoms with Crippen LogP contribution in [0.25, 0.3) is 0 Å². The van der Waals surface area contributed by atoms with Crippen LogP contribution in [0.5, 0.6) is 0 Å². The standard InChI is InChI=1S/C27H32N2O3/c1-26(2)13-15(14-27(3,4)29-26)28-24(30)22-20-16-9-5-7-11-18(16)21(23(22)25(31)32)19-12-8-6-10-17(19)20/h5-12,15,20-23,29H,13-14H2,1-4H3,(H,28,30)(H,31,32)/t20?,21?,22-,23+/m1/s1. The molecule has 5 heteroatoms. The molecule has 168 valence electrons. The van der Waals surface area contributed by atoms with Crippen molar-refractivity contribution in [3.8, 4) is 0 Å². The van der Waals surface area contributed by atoms with Crippen molar-refractivity contribution in [1.82, 2.24) is 10.6 Å². The van der Waals surface area contributed by atoms with Crippen LogP contribution in [-0.4, -0.2) is 34.1 Å². The number of rotatable bonds is 3. The van der Waals surface area contributed by atoms with Gasteiger partial charge in [0.05, 0.1) is 11.8 Å². The van der Waals surface area contributed by atoms with E-state index in [0.717, 1.165) is 35.1 Å². The van der Waals surface area contributed by atoms with Crippen LogP contribution < -0.4 is 10.6 Å². The number of nitrogens with one attached hydrogen (secondary N) is 2. The second-order valence-electron chi connectivity index (χ2n) is 11.1. The molecule has 6 rings (SSSR count). The fourth-order valence-corrected chi connectivity index (χ4v) is 7.01. The maximum absolute atomic E-state index is 13.8. The summed E-state index contributed by atoms with van der Waals surface area (Å²) in [5.74, 6) is -2.96. The molecule has 5 nitrogen and oxygen atoms in total. The monoisotopic (exact) mass is 432 g/mol. The van der Waals surface area contributed by atoms with Gasteiger partial charge in [-0.25, -0.2) is 0 Å². The molecule has 3 aliphatic carbocycles. The van der Waals surface area contributed by atoms with Gasteiger partial charge in [-0.3, -0.25) is 9.59 Å². The molecule has 3 N–H and O–H groups in total. The molecule has 0 saturated carbocycles. The van der Waals surface area contributed by atoms with Gasteiger partial charge in [-0.2, -0.15) is 0 Å². The lowest BCUT2D eigenvalue weighted by Crippen LogP contribution is -2.63. The van der Waals surface area contributed by atoms with E-state index in [2.05, 4.69) is 50.5 Å². The zero-order valence-electron chi connectivity index (χ0n) is 19.2. The van der Waals surface area contributed by atoms with Crippen molar-refractivity contribution >= 4 is 11.9 Å². The third-order valence-electron chi connectivity index (χ3n) is 7.56. The summed E-state index contributed by atoms with van der Waals surface area (Å²) in [4.78, 5) is 26.4. The highest BCUT2D eigenvalue weighted by Gasteiger charge is 2.55. The first-order valence-corrected chi connectivity index (χ1v) is 11.6. The number of carboxylic acids is 1. The van der Waals surface area contributed by atoms with Gasteiger partial charge >= 0.3 is 5.97 Å². The molecular formula is C27H32N2O3. The van der Waals surface area contributed by atoms with Gasteiger partial charge < -0.3 is 15.7 Å². The highest BCUT2D eigenvalue weighted by atomic mass is 16.4. The molecule has 2 aromatic carbocycles. The molecule has 1 fully saturated rings. The van der Waals surface area contributed by atoms with E-state index in [4.69, 9.17) is 0 Å². The Labute approximate surface area is 189 Å². The number of piperidine rings is 1. The molecule has 2 aromatic rings. The molecule has 32 heavy (non-hydrogen) atoms. The Hall–Kier alpha value is -2.66. The van der Waals surface area contributed by atoms with Gasteiger partial charge in [0.2, 0.25) is 5.91 Å². The quantitative estimate of drug-likeness (QED) is 0.685. The maximum atomic E-state index is 13.8. The summed E-state index contributed by atoms with van der Waals surface area (Å²) in [6, 6.07) is 16.1. The van der Waals surface area contributed by atoms with Crippen LogP contribution in [0.2, 0.25) is 0 Å². The van der Waals surface area contributed by atoms with E-state index in [1.165, 1.54) is 0 Å². The Bertz CT molecular complexity index is 1030. The summed E-state index contributed by atoms with van der Waals surface area (Å²) in [5, 5.41) is 17.3. The largest absolute Gasteiger partial charge is 0.481 e. The molecule has 0 radical (unpaired) electrons. The maximum Gasteiger partial charge on any atom is 0.308 e. The fourth-order valence-electron chi connectivity index (χ4n) is 7.01. The molecule has 0 unspecified atom stereocenters. The summed E-state index contributed by atoms with van der Waals surface area (Å²) in [5.41, 5.74) is 4.10. The highest BCUT2D eigenvalue weighted by Crippen LogP contribution is 2.58. The zero-order chi connectivity index (χ0) is 22.8. The van der Waals surface area contributed by atoms with E-state index in [-0.39, 0.29) is 34.9 Å². The van der Waals surface area contributed by atoms with E-state index in [0.29, 0.717) is 0 Å². The van der Waals surface area contributed by atoms with E-state index in [1.807, 2.05) is 36.4 Å². The fraction of sp³-hybridized carbons (Fsp3) is 0.481. The number of carboxylic acid groups (broad SMARTS) is 1. The number of carbonyl (C=O) groups is 2. The van der Waals surface area contributed by atoms with Gasteiger partial charge in [0.1, 0.15) is 0 Å². The van der Waals surface area contributed by atoms with Gasteiger partial charge in [-0.05, 0) is 62.8 Å². The van der Waals surface area contributed by atoms with Crippen LogP contribution in [0, 0.1) is 11.8 Å². The summed E-state index contributed by atoms with van der Waals surface area (Å²) in [7, 11) is 0. The third-order valence-corrected chi connectivity index (χ3v) is 7.56. The van der Waals surface area contributed by atoms with Gasteiger partial charge in [0, 0.05) is 29.0 Å². The topological polar surface area (TPSA) is 78.4 Å². The molecule has 1 amide bonds. The molecule has 2 bridgehead atoms. The van der Waals surface area contributed by atoms with Crippen LogP contribution in [0.4, 0.5) is 0 Å². The van der Waals surface area contributed by atoms with E-state index >= 15 is 0 Å². The van der Waals surface area contributed by atoms with Crippen molar-refractivity contribution in [3.63, 3.8) is 0 Å². The number of hydrogen-bond donors (Lipinski definition) is 3. The van der Waals surface area contributed by atoms with E-state index in [9.17, 15) is 14.7 Å². The summed E-state index contributed by atoms with van der Waals surface area (Å²) < 4.78 is 0. The minimum atomic E-state index is -0.893. The third kappa shape index (κ3) is 3.34. The van der Waals surface area contributed by atoms with Gasteiger partial charge in [-0.1, -0.05) is 48.5 Å². The number of hydrogen-bond acceptors (Lipinski definition) is 3. The van der Waals surface area contributed by atoms with E-state index < -0.39 is 17.8 Å². The van der Waals surface area contributed by atoms with Crippen LogP contribution in [-0.2, 0) is 9.59 Å². The minimum Gasteiger partial charge on any atom is -0.481 e. The number of amides is 1. The molecule has 2 atom stereocenters. The number of carbonyl (C=O) groups excluding carboxylic acids is 1. The Morgan fingerprint density at radius 2 is 1.22 bits per heavy atom.